The third-order valence-corrected chi connectivity index (χ3v) is 5.36. The van der Waals surface area contributed by atoms with E-state index in [2.05, 4.69) is 37.4 Å². The van der Waals surface area contributed by atoms with Gasteiger partial charge in [-0.05, 0) is 55.9 Å². The maximum Gasteiger partial charge on any atom is 0.0624 e. The highest BCUT2D eigenvalue weighted by Crippen LogP contribution is 2.35. The van der Waals surface area contributed by atoms with Crippen LogP contribution in [0.2, 0.25) is 0 Å². The number of aryl methyl sites for hydroxylation is 2. The van der Waals surface area contributed by atoms with Gasteiger partial charge in [-0.1, -0.05) is 20.8 Å². The minimum atomic E-state index is 0.373. The average molecular weight is 292 g/mol. The van der Waals surface area contributed by atoms with Crippen LogP contribution >= 0.6 is 0 Å². The van der Waals surface area contributed by atoms with E-state index in [1.807, 2.05) is 11.7 Å². The van der Waals surface area contributed by atoms with Gasteiger partial charge in [-0.3, -0.25) is 16.0 Å². The zero-order valence-corrected chi connectivity index (χ0v) is 14.1. The van der Waals surface area contributed by atoms with Crippen molar-refractivity contribution in [3.05, 3.63) is 17.5 Å². The second kappa shape index (κ2) is 7.41. The summed E-state index contributed by atoms with van der Waals surface area (Å²) in [7, 11) is 2.04. The molecule has 1 fully saturated rings. The molecule has 120 valence electrons. The maximum absolute atomic E-state index is 5.86. The van der Waals surface area contributed by atoms with Crippen molar-refractivity contribution in [3.63, 3.8) is 0 Å². The molecule has 0 amide bonds. The average Bonchev–Trinajstić information content (AvgIpc) is 2.85. The van der Waals surface area contributed by atoms with E-state index in [0.717, 1.165) is 24.7 Å². The van der Waals surface area contributed by atoms with Crippen molar-refractivity contribution in [2.75, 3.05) is 0 Å². The summed E-state index contributed by atoms with van der Waals surface area (Å²) in [6.45, 7) is 6.86. The predicted molar refractivity (Wildman–Crippen MR) is 87.7 cm³/mol. The molecule has 0 bridgehead atoms. The highest BCUT2D eigenvalue weighted by molar-refractivity contribution is 5.12. The number of hydrogen-bond donors (Lipinski definition) is 2. The second-order valence-electron chi connectivity index (χ2n) is 7.00. The number of hydrazine groups is 1. The van der Waals surface area contributed by atoms with Crippen LogP contribution in [0, 0.1) is 17.8 Å². The number of hydrogen-bond acceptors (Lipinski definition) is 3. The largest absolute Gasteiger partial charge is 0.272 e. The molecule has 1 unspecified atom stereocenters. The van der Waals surface area contributed by atoms with Crippen LogP contribution < -0.4 is 11.3 Å². The summed E-state index contributed by atoms with van der Waals surface area (Å²) >= 11 is 0. The topological polar surface area (TPSA) is 55.9 Å². The van der Waals surface area contributed by atoms with Crippen LogP contribution in [0.1, 0.15) is 57.8 Å². The second-order valence-corrected chi connectivity index (χ2v) is 7.00. The minimum absolute atomic E-state index is 0.373. The molecule has 21 heavy (non-hydrogen) atoms. The van der Waals surface area contributed by atoms with Crippen molar-refractivity contribution in [1.29, 1.82) is 0 Å². The predicted octanol–water partition coefficient (Wildman–Crippen LogP) is 2.82. The number of rotatable bonds is 6. The van der Waals surface area contributed by atoms with E-state index in [0.29, 0.717) is 12.0 Å². The van der Waals surface area contributed by atoms with Crippen molar-refractivity contribution in [2.24, 2.45) is 30.6 Å². The molecule has 1 aliphatic rings. The molecule has 1 heterocycles. The molecule has 0 aromatic carbocycles. The summed E-state index contributed by atoms with van der Waals surface area (Å²) in [5.74, 6) is 8.28. The Balaban J connectivity index is 1.95. The molecule has 1 atom stereocenters. The maximum atomic E-state index is 5.86. The molecular weight excluding hydrogens is 260 g/mol. The first kappa shape index (κ1) is 16.5. The van der Waals surface area contributed by atoms with Crippen molar-refractivity contribution in [3.8, 4) is 0 Å². The number of aromatic nitrogens is 2. The lowest BCUT2D eigenvalue weighted by molar-refractivity contribution is 0.187. The van der Waals surface area contributed by atoms with Gasteiger partial charge in [0.2, 0.25) is 0 Å². The van der Waals surface area contributed by atoms with E-state index < -0.39 is 0 Å². The summed E-state index contributed by atoms with van der Waals surface area (Å²) in [5, 5.41) is 4.54. The fraction of sp³-hybridized carbons (Fsp3) is 0.824. The lowest BCUT2D eigenvalue weighted by Crippen LogP contribution is -2.44. The zero-order valence-electron chi connectivity index (χ0n) is 14.1. The highest BCUT2D eigenvalue weighted by Gasteiger charge is 2.28. The van der Waals surface area contributed by atoms with Crippen LogP contribution in [-0.2, 0) is 19.9 Å². The van der Waals surface area contributed by atoms with Gasteiger partial charge in [-0.2, -0.15) is 5.10 Å². The molecule has 4 heteroatoms. The summed E-state index contributed by atoms with van der Waals surface area (Å²) in [4.78, 5) is 0. The minimum Gasteiger partial charge on any atom is -0.272 e. The van der Waals surface area contributed by atoms with Crippen LogP contribution in [0.5, 0.6) is 0 Å². The van der Waals surface area contributed by atoms with Gasteiger partial charge in [0.15, 0.2) is 0 Å². The van der Waals surface area contributed by atoms with Gasteiger partial charge in [0, 0.05) is 25.2 Å². The first-order valence-electron chi connectivity index (χ1n) is 8.53. The van der Waals surface area contributed by atoms with E-state index in [9.17, 15) is 0 Å². The lowest BCUT2D eigenvalue weighted by Gasteiger charge is -2.35. The van der Waals surface area contributed by atoms with E-state index in [1.54, 1.807) is 0 Å². The fourth-order valence-electron chi connectivity index (χ4n) is 3.74. The Hall–Kier alpha value is -0.870. The van der Waals surface area contributed by atoms with E-state index in [-0.39, 0.29) is 0 Å². The summed E-state index contributed by atoms with van der Waals surface area (Å²) < 4.78 is 2.02. The normalized spacial score (nSPS) is 24.5. The molecule has 1 aromatic heterocycles. The number of nitrogens with one attached hydrogen (secondary N) is 1. The van der Waals surface area contributed by atoms with E-state index in [1.165, 1.54) is 37.1 Å². The Kier molecular flexibility index (Phi) is 5.82. The molecule has 4 nitrogen and oxygen atoms in total. The number of nitrogens with zero attached hydrogens (tertiary/aromatic N) is 2. The Labute approximate surface area is 129 Å². The SMILES string of the molecule is CCc1cc(CC(NN)C2CCC(C(C)C)CC2)n(C)n1. The molecular formula is C17H32N4. The molecule has 2 rings (SSSR count). The van der Waals surface area contributed by atoms with Gasteiger partial charge < -0.3 is 0 Å². The third kappa shape index (κ3) is 4.07. The van der Waals surface area contributed by atoms with E-state index in [4.69, 9.17) is 5.84 Å². The van der Waals surface area contributed by atoms with Crippen molar-refractivity contribution < 1.29 is 0 Å². The molecule has 1 aliphatic carbocycles. The van der Waals surface area contributed by atoms with Gasteiger partial charge in [-0.15, -0.1) is 0 Å². The van der Waals surface area contributed by atoms with Crippen LogP contribution in [0.4, 0.5) is 0 Å². The Morgan fingerprint density at radius 2 is 1.90 bits per heavy atom. The number of nitrogens with two attached hydrogens (primary N) is 1. The van der Waals surface area contributed by atoms with Gasteiger partial charge in [0.1, 0.15) is 0 Å². The standard InChI is InChI=1S/C17H32N4/c1-5-15-10-16(21(4)20-15)11-17(19-18)14-8-6-13(7-9-14)12(2)3/h10,12-14,17,19H,5-9,11,18H2,1-4H3. The highest BCUT2D eigenvalue weighted by atomic mass is 15.3. The first-order valence-corrected chi connectivity index (χ1v) is 8.53. The molecule has 0 aliphatic heterocycles. The van der Waals surface area contributed by atoms with Crippen LogP contribution in [0.15, 0.2) is 6.07 Å². The lowest BCUT2D eigenvalue weighted by atomic mass is 9.74. The smallest absolute Gasteiger partial charge is 0.0624 e. The summed E-state index contributed by atoms with van der Waals surface area (Å²) in [6.07, 6.45) is 7.29. The fourth-order valence-corrected chi connectivity index (χ4v) is 3.74. The molecule has 0 radical (unpaired) electrons. The molecule has 1 aromatic rings. The van der Waals surface area contributed by atoms with E-state index >= 15 is 0 Å². The van der Waals surface area contributed by atoms with Crippen LogP contribution in [0.25, 0.3) is 0 Å². The van der Waals surface area contributed by atoms with Crippen LogP contribution in [0.3, 0.4) is 0 Å². The Morgan fingerprint density at radius 3 is 2.38 bits per heavy atom. The van der Waals surface area contributed by atoms with Crippen molar-refractivity contribution in [1.82, 2.24) is 15.2 Å². The third-order valence-electron chi connectivity index (χ3n) is 5.36. The summed E-state index contributed by atoms with van der Waals surface area (Å²) in [6, 6.07) is 2.60. The van der Waals surface area contributed by atoms with Gasteiger partial charge in [0.25, 0.3) is 0 Å². The molecule has 1 saturated carbocycles. The first-order chi connectivity index (χ1) is 10.0. The molecule has 0 spiro atoms. The van der Waals surface area contributed by atoms with Crippen molar-refractivity contribution in [2.45, 2.75) is 65.3 Å². The van der Waals surface area contributed by atoms with Gasteiger partial charge in [-0.25, -0.2) is 0 Å². The quantitative estimate of drug-likeness (QED) is 0.626. The van der Waals surface area contributed by atoms with Crippen molar-refractivity contribution >= 4 is 0 Å². The monoisotopic (exact) mass is 292 g/mol. The Morgan fingerprint density at radius 1 is 1.29 bits per heavy atom. The van der Waals surface area contributed by atoms with Gasteiger partial charge >= 0.3 is 0 Å². The van der Waals surface area contributed by atoms with Crippen LogP contribution in [-0.4, -0.2) is 15.8 Å². The molecule has 0 saturated heterocycles. The van der Waals surface area contributed by atoms with Gasteiger partial charge in [0.05, 0.1) is 5.69 Å². The Bertz CT molecular complexity index is 430. The zero-order chi connectivity index (χ0) is 15.4. The summed E-state index contributed by atoms with van der Waals surface area (Å²) in [5.41, 5.74) is 5.54. The molecule has 3 N–H and O–H groups in total.